The first kappa shape index (κ1) is 35.9. The molecule has 4 heterocycles. The molecule has 0 N–H and O–H groups in total. The first-order valence-corrected chi connectivity index (χ1v) is 22.5. The molecule has 0 radical (unpaired) electrons. The SMILES string of the molecule is c1ccc(-c2nc(-c3ccccc3-c3ccccc3)nc(-c3ccc(-c4cccc5c4oc4ccc6nc(-c7cccc8sc9ccccc9c78)sc6c45)c4ccccc34)n2)cc1. The van der Waals surface area contributed by atoms with Crippen molar-refractivity contribution >= 4 is 85.8 Å². The number of thiazole rings is 1. The summed E-state index contributed by atoms with van der Waals surface area (Å²) in [6, 6.07) is 67.6. The van der Waals surface area contributed by atoms with E-state index in [1.165, 1.54) is 25.7 Å². The fraction of sp³-hybridized carbons (Fsp3) is 0. The van der Waals surface area contributed by atoms with Crippen LogP contribution in [0.15, 0.2) is 199 Å². The fourth-order valence-corrected chi connectivity index (χ4v) is 11.4. The Labute approximate surface area is 369 Å². The molecule has 5 nitrogen and oxygen atoms in total. The third kappa shape index (κ3) is 5.82. The molecule has 0 saturated heterocycles. The number of benzene rings is 9. The van der Waals surface area contributed by atoms with Crippen molar-refractivity contribution in [2.75, 3.05) is 0 Å². The van der Waals surface area contributed by atoms with Crippen LogP contribution in [0.5, 0.6) is 0 Å². The molecule has 7 heteroatoms. The van der Waals surface area contributed by atoms with Crippen LogP contribution in [0.1, 0.15) is 0 Å². The highest BCUT2D eigenvalue weighted by molar-refractivity contribution is 7.26. The van der Waals surface area contributed by atoms with Crippen LogP contribution in [-0.4, -0.2) is 19.9 Å². The number of aromatic nitrogens is 4. The Hall–Kier alpha value is -7.84. The van der Waals surface area contributed by atoms with Crippen LogP contribution in [0.25, 0.3) is 130 Å². The van der Waals surface area contributed by atoms with Crippen molar-refractivity contribution < 1.29 is 4.42 Å². The van der Waals surface area contributed by atoms with Gasteiger partial charge in [0, 0.05) is 58.8 Å². The van der Waals surface area contributed by atoms with Crippen LogP contribution >= 0.6 is 22.7 Å². The minimum atomic E-state index is 0.612. The van der Waals surface area contributed by atoms with Crippen molar-refractivity contribution in [2.24, 2.45) is 0 Å². The van der Waals surface area contributed by atoms with E-state index in [9.17, 15) is 0 Å². The maximum atomic E-state index is 6.87. The number of nitrogens with zero attached hydrogens (tertiary/aromatic N) is 4. The Morgan fingerprint density at radius 1 is 0.333 bits per heavy atom. The molecule has 0 aliphatic carbocycles. The van der Waals surface area contributed by atoms with Gasteiger partial charge >= 0.3 is 0 Å². The Bertz CT molecular complexity index is 3930. The number of hydrogen-bond donors (Lipinski definition) is 0. The zero-order valence-corrected chi connectivity index (χ0v) is 35.1. The molecule has 0 aliphatic heterocycles. The van der Waals surface area contributed by atoms with Crippen molar-refractivity contribution in [3.8, 4) is 67.0 Å². The molecule has 0 atom stereocenters. The maximum Gasteiger partial charge on any atom is 0.164 e. The lowest BCUT2D eigenvalue weighted by atomic mass is 9.93. The second kappa shape index (κ2) is 14.4. The van der Waals surface area contributed by atoms with E-state index in [1.54, 1.807) is 11.3 Å². The minimum absolute atomic E-state index is 0.612. The number of para-hydroxylation sites is 1. The van der Waals surface area contributed by atoms with Crippen LogP contribution in [0.2, 0.25) is 0 Å². The summed E-state index contributed by atoms with van der Waals surface area (Å²) in [7, 11) is 0. The molecule has 0 saturated carbocycles. The van der Waals surface area contributed by atoms with Gasteiger partial charge in [-0.3, -0.25) is 0 Å². The molecular formula is C56H32N4OS2. The van der Waals surface area contributed by atoms with Crippen molar-refractivity contribution in [1.82, 2.24) is 19.9 Å². The van der Waals surface area contributed by atoms with Crippen molar-refractivity contribution in [2.45, 2.75) is 0 Å². The van der Waals surface area contributed by atoms with Crippen molar-refractivity contribution in [1.29, 1.82) is 0 Å². The van der Waals surface area contributed by atoms with Gasteiger partial charge in [-0.2, -0.15) is 0 Å². The number of thiophene rings is 1. The Kier molecular flexibility index (Phi) is 8.19. The molecule has 0 spiro atoms. The van der Waals surface area contributed by atoms with Crippen LogP contribution in [0, 0.1) is 0 Å². The Morgan fingerprint density at radius 2 is 0.921 bits per heavy atom. The van der Waals surface area contributed by atoms with Crippen LogP contribution in [0.3, 0.4) is 0 Å². The Morgan fingerprint density at radius 3 is 1.75 bits per heavy atom. The largest absolute Gasteiger partial charge is 0.455 e. The highest BCUT2D eigenvalue weighted by Crippen LogP contribution is 2.47. The lowest BCUT2D eigenvalue weighted by Gasteiger charge is -2.14. The van der Waals surface area contributed by atoms with Crippen LogP contribution < -0.4 is 0 Å². The normalized spacial score (nSPS) is 11.8. The molecular weight excluding hydrogens is 809 g/mol. The summed E-state index contributed by atoms with van der Waals surface area (Å²) in [5, 5.41) is 7.84. The van der Waals surface area contributed by atoms with Gasteiger partial charge in [0.15, 0.2) is 17.5 Å². The summed E-state index contributed by atoms with van der Waals surface area (Å²) in [6.07, 6.45) is 0. The summed E-state index contributed by atoms with van der Waals surface area (Å²) in [4.78, 5) is 20.8. The highest BCUT2D eigenvalue weighted by Gasteiger charge is 2.22. The molecule has 63 heavy (non-hydrogen) atoms. The average Bonchev–Trinajstić information content (AvgIpc) is 4.08. The zero-order chi connectivity index (χ0) is 41.4. The lowest BCUT2D eigenvalue weighted by molar-refractivity contribution is 0.670. The van der Waals surface area contributed by atoms with E-state index < -0.39 is 0 Å². The van der Waals surface area contributed by atoms with Crippen molar-refractivity contribution in [3.63, 3.8) is 0 Å². The van der Waals surface area contributed by atoms with Gasteiger partial charge in [0.25, 0.3) is 0 Å². The van der Waals surface area contributed by atoms with E-state index >= 15 is 0 Å². The lowest BCUT2D eigenvalue weighted by Crippen LogP contribution is -2.01. The summed E-state index contributed by atoms with van der Waals surface area (Å²) < 4.78 is 10.6. The van der Waals surface area contributed by atoms with E-state index in [1.807, 2.05) is 53.8 Å². The Balaban J connectivity index is 0.975. The molecule has 0 fully saturated rings. The van der Waals surface area contributed by atoms with Gasteiger partial charge in [0.1, 0.15) is 16.2 Å². The molecule has 0 unspecified atom stereocenters. The highest BCUT2D eigenvalue weighted by atomic mass is 32.1. The summed E-state index contributed by atoms with van der Waals surface area (Å²) in [6.45, 7) is 0. The third-order valence-electron chi connectivity index (χ3n) is 12.0. The molecule has 0 bridgehead atoms. The summed E-state index contributed by atoms with van der Waals surface area (Å²) in [5.74, 6) is 1.86. The van der Waals surface area contributed by atoms with E-state index in [0.717, 1.165) is 86.9 Å². The van der Waals surface area contributed by atoms with Crippen LogP contribution in [0.4, 0.5) is 0 Å². The quantitative estimate of drug-likeness (QED) is 0.167. The molecule has 294 valence electrons. The van der Waals surface area contributed by atoms with E-state index in [2.05, 4.69) is 152 Å². The molecule has 13 aromatic rings. The third-order valence-corrected chi connectivity index (χ3v) is 14.3. The topological polar surface area (TPSA) is 64.7 Å². The molecule has 13 rings (SSSR count). The number of rotatable bonds is 6. The van der Waals surface area contributed by atoms with E-state index in [-0.39, 0.29) is 0 Å². The van der Waals surface area contributed by atoms with Gasteiger partial charge in [-0.15, -0.1) is 22.7 Å². The van der Waals surface area contributed by atoms with Gasteiger partial charge in [0.2, 0.25) is 0 Å². The first-order valence-electron chi connectivity index (χ1n) is 20.9. The van der Waals surface area contributed by atoms with Crippen LogP contribution in [-0.2, 0) is 0 Å². The van der Waals surface area contributed by atoms with Gasteiger partial charge < -0.3 is 4.42 Å². The van der Waals surface area contributed by atoms with E-state index in [0.29, 0.717) is 17.5 Å². The fourth-order valence-electron chi connectivity index (χ4n) is 9.16. The van der Waals surface area contributed by atoms with Crippen molar-refractivity contribution in [3.05, 3.63) is 194 Å². The summed E-state index contributed by atoms with van der Waals surface area (Å²) in [5.41, 5.74) is 10.9. The van der Waals surface area contributed by atoms with E-state index in [4.69, 9.17) is 24.4 Å². The molecule has 0 aliphatic rings. The second-order valence-corrected chi connectivity index (χ2v) is 17.7. The average molecular weight is 841 g/mol. The number of fused-ring (bicyclic) bond motifs is 9. The zero-order valence-electron chi connectivity index (χ0n) is 33.5. The minimum Gasteiger partial charge on any atom is -0.455 e. The van der Waals surface area contributed by atoms with Gasteiger partial charge in [-0.05, 0) is 57.8 Å². The molecule has 9 aromatic carbocycles. The monoisotopic (exact) mass is 840 g/mol. The predicted molar refractivity (Wildman–Crippen MR) is 263 cm³/mol. The first-order chi connectivity index (χ1) is 31.2. The number of hydrogen-bond acceptors (Lipinski definition) is 7. The second-order valence-electron chi connectivity index (χ2n) is 15.7. The predicted octanol–water partition coefficient (Wildman–Crippen LogP) is 15.9. The van der Waals surface area contributed by atoms with Gasteiger partial charge in [0.05, 0.1) is 10.2 Å². The molecule has 0 amide bonds. The van der Waals surface area contributed by atoms with Gasteiger partial charge in [-0.25, -0.2) is 19.9 Å². The maximum absolute atomic E-state index is 6.87. The summed E-state index contributed by atoms with van der Waals surface area (Å²) >= 11 is 3.58. The smallest absolute Gasteiger partial charge is 0.164 e. The van der Waals surface area contributed by atoms with Gasteiger partial charge in [-0.1, -0.05) is 164 Å². The molecule has 4 aromatic heterocycles. The standard InChI is InChI=1S/C56H32N4OS2/c1-3-15-33(16-4-1)35-19-7-10-22-40(35)54-58-53(34-17-5-2-6-18-34)59-55(60-54)41-30-29-38(36-20-8-9-21-37(36)41)39-24-13-25-43-50-46(61-51(39)43)32-31-45-52(50)63-56(57-45)44-26-14-28-48-49(44)42-23-11-12-27-47(42)62-48/h1-32H. The number of furan rings is 1.